The Morgan fingerprint density at radius 3 is 2.43 bits per heavy atom. The Bertz CT molecular complexity index is 1390. The number of rotatable bonds is 8. The molecule has 3 aromatic carbocycles. The molecular formula is C28H24BrClN2O5. The van der Waals surface area contributed by atoms with Gasteiger partial charge in [0, 0.05) is 4.47 Å². The van der Waals surface area contributed by atoms with Crippen molar-refractivity contribution in [1.29, 1.82) is 0 Å². The smallest absolute Gasteiger partial charge is 0.335 e. The maximum atomic E-state index is 13.3. The Morgan fingerprint density at radius 2 is 1.73 bits per heavy atom. The lowest BCUT2D eigenvalue weighted by Crippen LogP contribution is -2.54. The topological polar surface area (TPSA) is 84.9 Å². The van der Waals surface area contributed by atoms with Gasteiger partial charge in [0.15, 0.2) is 11.5 Å². The van der Waals surface area contributed by atoms with Crippen LogP contribution >= 0.6 is 27.5 Å². The van der Waals surface area contributed by atoms with E-state index >= 15 is 0 Å². The van der Waals surface area contributed by atoms with Crippen LogP contribution in [0, 0.1) is 0 Å². The van der Waals surface area contributed by atoms with E-state index in [0.29, 0.717) is 35.8 Å². The van der Waals surface area contributed by atoms with Crippen LogP contribution in [0.15, 0.2) is 70.7 Å². The molecule has 1 aliphatic heterocycles. The van der Waals surface area contributed by atoms with Crippen molar-refractivity contribution in [2.75, 3.05) is 11.5 Å². The van der Waals surface area contributed by atoms with Crippen LogP contribution in [0.25, 0.3) is 6.08 Å². The predicted molar refractivity (Wildman–Crippen MR) is 146 cm³/mol. The molecule has 190 valence electrons. The second kappa shape index (κ2) is 11.6. The number of nitrogens with zero attached hydrogens (tertiary/aromatic N) is 1. The molecule has 1 saturated heterocycles. The molecule has 0 saturated carbocycles. The predicted octanol–water partition coefficient (Wildman–Crippen LogP) is 6.31. The zero-order chi connectivity index (χ0) is 26.5. The third-order valence-electron chi connectivity index (χ3n) is 5.65. The molecular weight excluding hydrogens is 560 g/mol. The number of imide groups is 2. The van der Waals surface area contributed by atoms with Crippen LogP contribution < -0.4 is 19.7 Å². The number of para-hydroxylation sites is 1. The van der Waals surface area contributed by atoms with Crippen LogP contribution in [0.5, 0.6) is 11.5 Å². The van der Waals surface area contributed by atoms with Crippen LogP contribution in [0.4, 0.5) is 10.5 Å². The Morgan fingerprint density at radius 1 is 1.00 bits per heavy atom. The number of anilines is 1. The molecule has 3 aromatic rings. The fourth-order valence-electron chi connectivity index (χ4n) is 3.88. The molecule has 1 heterocycles. The van der Waals surface area contributed by atoms with Gasteiger partial charge in [0.25, 0.3) is 11.8 Å². The van der Waals surface area contributed by atoms with E-state index in [-0.39, 0.29) is 17.2 Å². The highest BCUT2D eigenvalue weighted by molar-refractivity contribution is 9.10. The molecule has 0 radical (unpaired) electrons. The number of barbiturate groups is 1. The van der Waals surface area contributed by atoms with Gasteiger partial charge in [-0.2, -0.15) is 0 Å². The van der Waals surface area contributed by atoms with Crippen LogP contribution in [0.3, 0.4) is 0 Å². The molecule has 9 heteroatoms. The first-order valence-electron chi connectivity index (χ1n) is 11.6. The van der Waals surface area contributed by atoms with Gasteiger partial charge in [-0.15, -0.1) is 0 Å². The summed E-state index contributed by atoms with van der Waals surface area (Å²) in [4.78, 5) is 39.6. The number of hydrogen-bond acceptors (Lipinski definition) is 5. The Balaban J connectivity index is 1.67. The third kappa shape index (κ3) is 5.87. The standard InChI is InChI=1S/C28H24BrClN2O5/c1-3-19-7-5-6-8-23(19)32-27(34)21(26(33)31-28(32)35)13-18-14-22(30)25(24(15-18)36-4-2)37-16-17-9-11-20(29)12-10-17/h5-15H,3-4,16H2,1-2H3,(H,31,33,35)/b21-13-. The quantitative estimate of drug-likeness (QED) is 0.248. The van der Waals surface area contributed by atoms with Gasteiger partial charge in [-0.1, -0.05) is 64.8 Å². The van der Waals surface area contributed by atoms with Gasteiger partial charge in [-0.3, -0.25) is 14.9 Å². The minimum Gasteiger partial charge on any atom is -0.490 e. The van der Waals surface area contributed by atoms with Gasteiger partial charge in [-0.25, -0.2) is 9.69 Å². The molecule has 0 unspecified atom stereocenters. The first-order chi connectivity index (χ1) is 17.8. The molecule has 0 aromatic heterocycles. The zero-order valence-corrected chi connectivity index (χ0v) is 22.6. The number of urea groups is 1. The van der Waals surface area contributed by atoms with Gasteiger partial charge in [0.05, 0.1) is 17.3 Å². The maximum Gasteiger partial charge on any atom is 0.335 e. The van der Waals surface area contributed by atoms with Crippen LogP contribution in [-0.2, 0) is 22.6 Å². The van der Waals surface area contributed by atoms with Crippen molar-refractivity contribution in [2.24, 2.45) is 0 Å². The average Bonchev–Trinajstić information content (AvgIpc) is 2.87. The molecule has 37 heavy (non-hydrogen) atoms. The fourth-order valence-corrected chi connectivity index (χ4v) is 4.42. The number of aryl methyl sites for hydroxylation is 1. The molecule has 0 spiro atoms. The molecule has 1 N–H and O–H groups in total. The lowest BCUT2D eigenvalue weighted by atomic mass is 10.0. The van der Waals surface area contributed by atoms with Crippen molar-refractivity contribution in [3.8, 4) is 11.5 Å². The van der Waals surface area contributed by atoms with E-state index in [1.54, 1.807) is 24.3 Å². The van der Waals surface area contributed by atoms with E-state index in [0.717, 1.165) is 20.5 Å². The van der Waals surface area contributed by atoms with Crippen molar-refractivity contribution < 1.29 is 23.9 Å². The highest BCUT2D eigenvalue weighted by atomic mass is 79.9. The molecule has 0 aliphatic carbocycles. The van der Waals surface area contributed by atoms with E-state index in [2.05, 4.69) is 21.2 Å². The van der Waals surface area contributed by atoms with Gasteiger partial charge < -0.3 is 9.47 Å². The number of nitrogens with one attached hydrogen (secondary N) is 1. The molecule has 0 atom stereocenters. The number of amides is 4. The van der Waals surface area contributed by atoms with Gasteiger partial charge in [0.2, 0.25) is 0 Å². The maximum absolute atomic E-state index is 13.3. The largest absolute Gasteiger partial charge is 0.490 e. The van der Waals surface area contributed by atoms with Gasteiger partial charge >= 0.3 is 6.03 Å². The minimum atomic E-state index is -0.794. The van der Waals surface area contributed by atoms with Crippen molar-refractivity contribution in [3.05, 3.63) is 92.4 Å². The number of hydrogen-bond donors (Lipinski definition) is 1. The number of halogens is 2. The molecule has 7 nitrogen and oxygen atoms in total. The lowest BCUT2D eigenvalue weighted by Gasteiger charge is -2.28. The summed E-state index contributed by atoms with van der Waals surface area (Å²) in [5, 5.41) is 2.51. The minimum absolute atomic E-state index is 0.201. The molecule has 4 rings (SSSR count). The summed E-state index contributed by atoms with van der Waals surface area (Å²) in [7, 11) is 0. The first kappa shape index (κ1) is 26.4. The first-order valence-corrected chi connectivity index (χ1v) is 12.8. The van der Waals surface area contributed by atoms with Gasteiger partial charge in [0.1, 0.15) is 12.2 Å². The highest BCUT2D eigenvalue weighted by Crippen LogP contribution is 2.38. The van der Waals surface area contributed by atoms with Crippen LogP contribution in [-0.4, -0.2) is 24.5 Å². The van der Waals surface area contributed by atoms with Crippen molar-refractivity contribution in [1.82, 2.24) is 5.32 Å². The molecule has 1 aliphatic rings. The van der Waals surface area contributed by atoms with Crippen LogP contribution in [0.2, 0.25) is 5.02 Å². The zero-order valence-electron chi connectivity index (χ0n) is 20.2. The number of carbonyl (C=O) groups excluding carboxylic acids is 3. The summed E-state index contributed by atoms with van der Waals surface area (Å²) in [6, 6.07) is 17.2. The Hall–Kier alpha value is -3.62. The second-order valence-corrected chi connectivity index (χ2v) is 9.44. The van der Waals surface area contributed by atoms with E-state index in [9.17, 15) is 14.4 Å². The molecule has 4 amide bonds. The third-order valence-corrected chi connectivity index (χ3v) is 6.46. The average molecular weight is 584 g/mol. The summed E-state index contributed by atoms with van der Waals surface area (Å²) in [5.74, 6) is -0.794. The van der Waals surface area contributed by atoms with Crippen molar-refractivity contribution in [2.45, 2.75) is 26.9 Å². The van der Waals surface area contributed by atoms with Crippen LogP contribution in [0.1, 0.15) is 30.5 Å². The number of carbonyl (C=O) groups is 3. The summed E-state index contributed by atoms with van der Waals surface area (Å²) < 4.78 is 12.7. The molecule has 1 fully saturated rings. The monoisotopic (exact) mass is 582 g/mol. The second-order valence-electron chi connectivity index (χ2n) is 8.12. The Kier molecular flexibility index (Phi) is 8.31. The normalized spacial score (nSPS) is 14.6. The van der Waals surface area contributed by atoms with E-state index in [1.165, 1.54) is 6.08 Å². The summed E-state index contributed by atoms with van der Waals surface area (Å²) in [5.41, 5.74) is 2.41. The van der Waals surface area contributed by atoms with Crippen molar-refractivity contribution >= 4 is 57.1 Å². The SMILES string of the molecule is CCOc1cc(/C=C2/C(=O)NC(=O)N(c3ccccc3CC)C2=O)cc(Cl)c1OCc1ccc(Br)cc1. The highest BCUT2D eigenvalue weighted by Gasteiger charge is 2.37. The van der Waals surface area contributed by atoms with Gasteiger partial charge in [-0.05, 0) is 66.4 Å². The Labute approximate surface area is 228 Å². The fraction of sp³-hybridized carbons (Fsp3) is 0.179. The summed E-state index contributed by atoms with van der Waals surface area (Å²) in [6.45, 7) is 4.36. The number of ether oxygens (including phenoxy) is 2. The summed E-state index contributed by atoms with van der Waals surface area (Å²) >= 11 is 9.96. The molecule has 0 bridgehead atoms. The van der Waals surface area contributed by atoms with E-state index in [4.69, 9.17) is 21.1 Å². The van der Waals surface area contributed by atoms with Crippen molar-refractivity contribution in [3.63, 3.8) is 0 Å². The van der Waals surface area contributed by atoms with E-state index in [1.807, 2.05) is 50.2 Å². The summed E-state index contributed by atoms with van der Waals surface area (Å²) in [6.07, 6.45) is 1.99. The van der Waals surface area contributed by atoms with E-state index < -0.39 is 17.8 Å². The lowest BCUT2D eigenvalue weighted by molar-refractivity contribution is -0.122. The number of benzene rings is 3.